The van der Waals surface area contributed by atoms with Gasteiger partial charge in [0.2, 0.25) is 5.91 Å². The molecule has 2 amide bonds. The lowest BCUT2D eigenvalue weighted by atomic mass is 10.2. The molecule has 9 heteroatoms. The van der Waals surface area contributed by atoms with E-state index in [0.29, 0.717) is 18.1 Å². The summed E-state index contributed by atoms with van der Waals surface area (Å²) in [6.07, 6.45) is 0. The van der Waals surface area contributed by atoms with Gasteiger partial charge < -0.3 is 15.1 Å². The Balaban J connectivity index is 1.24. The van der Waals surface area contributed by atoms with Crippen LogP contribution in [0.4, 0.5) is 15.9 Å². The highest BCUT2D eigenvalue weighted by molar-refractivity contribution is 7.99. The average Bonchev–Trinajstić information content (AvgIpc) is 2.84. The Bertz CT molecular complexity index is 1070. The Morgan fingerprint density at radius 3 is 2.41 bits per heavy atom. The highest BCUT2D eigenvalue weighted by Crippen LogP contribution is 2.19. The minimum Gasteiger partial charge on any atom is -0.368 e. The largest absolute Gasteiger partial charge is 0.368 e. The Kier molecular flexibility index (Phi) is 6.96. The van der Waals surface area contributed by atoms with Crippen molar-refractivity contribution in [3.05, 3.63) is 78.1 Å². The number of carbonyl (C=O) groups is 2. The minimum atomic E-state index is -0.485. The van der Waals surface area contributed by atoms with Crippen molar-refractivity contribution >= 4 is 35.1 Å². The molecule has 0 aliphatic carbocycles. The van der Waals surface area contributed by atoms with Crippen LogP contribution in [0.3, 0.4) is 0 Å². The van der Waals surface area contributed by atoms with Crippen molar-refractivity contribution in [2.24, 2.45) is 0 Å². The topological polar surface area (TPSA) is 78.4 Å². The van der Waals surface area contributed by atoms with Crippen LogP contribution in [0.1, 0.15) is 10.4 Å². The number of amides is 2. The number of nitrogens with zero attached hydrogens (tertiary/aromatic N) is 4. The van der Waals surface area contributed by atoms with E-state index in [9.17, 15) is 14.0 Å². The van der Waals surface area contributed by atoms with Gasteiger partial charge in [-0.05, 0) is 42.5 Å². The third-order valence-corrected chi connectivity index (χ3v) is 5.97. The zero-order valence-electron chi connectivity index (χ0n) is 17.3. The van der Waals surface area contributed by atoms with Gasteiger partial charge in [0.05, 0.1) is 5.75 Å². The molecule has 1 fully saturated rings. The number of piperazine rings is 1. The third-order valence-electron chi connectivity index (χ3n) is 5.07. The fourth-order valence-electron chi connectivity index (χ4n) is 3.36. The second-order valence-corrected chi connectivity index (χ2v) is 8.21. The normalized spacial score (nSPS) is 13.7. The van der Waals surface area contributed by atoms with Crippen LogP contribution < -0.4 is 10.2 Å². The molecule has 0 unspecified atom stereocenters. The molecule has 0 bridgehead atoms. The first-order valence-electron chi connectivity index (χ1n) is 10.2. The fraction of sp³-hybridized carbons (Fsp3) is 0.217. The molecule has 3 aromatic rings. The molecular weight excluding hydrogens is 429 g/mol. The summed E-state index contributed by atoms with van der Waals surface area (Å²) in [5.41, 5.74) is 1.37. The highest BCUT2D eigenvalue weighted by atomic mass is 32.2. The van der Waals surface area contributed by atoms with Crippen LogP contribution in [0.15, 0.2) is 71.8 Å². The molecule has 1 aliphatic heterocycles. The summed E-state index contributed by atoms with van der Waals surface area (Å²) in [7, 11) is 0. The smallest absolute Gasteiger partial charge is 0.256 e. The van der Waals surface area contributed by atoms with Crippen LogP contribution >= 0.6 is 11.8 Å². The maximum Gasteiger partial charge on any atom is 0.256 e. The Morgan fingerprint density at radius 1 is 0.938 bits per heavy atom. The van der Waals surface area contributed by atoms with Crippen molar-refractivity contribution < 1.29 is 14.0 Å². The van der Waals surface area contributed by atoms with Crippen molar-refractivity contribution in [1.82, 2.24) is 15.1 Å². The SMILES string of the molecule is O=C(Nc1ccc(SCC(=O)N2CCN(c3ccccc3)CC2)nn1)c1cccc(F)c1. The molecule has 0 spiro atoms. The number of hydrogen-bond donors (Lipinski definition) is 1. The molecule has 1 aromatic heterocycles. The number of hydrogen-bond acceptors (Lipinski definition) is 6. The van der Waals surface area contributed by atoms with Gasteiger partial charge in [-0.25, -0.2) is 4.39 Å². The van der Waals surface area contributed by atoms with E-state index in [1.165, 1.54) is 35.6 Å². The lowest BCUT2D eigenvalue weighted by Crippen LogP contribution is -2.49. The molecule has 1 N–H and O–H groups in total. The summed E-state index contributed by atoms with van der Waals surface area (Å²) >= 11 is 1.30. The van der Waals surface area contributed by atoms with E-state index in [1.807, 2.05) is 23.1 Å². The number of halogens is 1. The average molecular weight is 452 g/mol. The lowest BCUT2D eigenvalue weighted by molar-refractivity contribution is -0.128. The van der Waals surface area contributed by atoms with Crippen molar-refractivity contribution in [2.75, 3.05) is 42.1 Å². The van der Waals surface area contributed by atoms with Gasteiger partial charge >= 0.3 is 0 Å². The third kappa shape index (κ3) is 5.61. The van der Waals surface area contributed by atoms with Gasteiger partial charge in [0.1, 0.15) is 10.8 Å². The summed E-state index contributed by atoms with van der Waals surface area (Å²) in [5.74, 6) is -0.361. The molecule has 1 aliphatic rings. The van der Waals surface area contributed by atoms with Crippen LogP contribution in [0.5, 0.6) is 0 Å². The van der Waals surface area contributed by atoms with Crippen LogP contribution in [-0.2, 0) is 4.79 Å². The molecular formula is C23H22FN5O2S. The Labute approximate surface area is 189 Å². The Hall–Kier alpha value is -3.46. The van der Waals surface area contributed by atoms with Gasteiger partial charge in [0, 0.05) is 37.4 Å². The molecule has 2 heterocycles. The van der Waals surface area contributed by atoms with Crippen LogP contribution in [0.2, 0.25) is 0 Å². The molecule has 0 radical (unpaired) electrons. The van der Waals surface area contributed by atoms with Crippen molar-refractivity contribution in [3.8, 4) is 0 Å². The maximum absolute atomic E-state index is 13.3. The number of nitrogens with one attached hydrogen (secondary N) is 1. The number of anilines is 2. The molecule has 7 nitrogen and oxygen atoms in total. The molecule has 0 saturated carbocycles. The monoisotopic (exact) mass is 451 g/mol. The zero-order chi connectivity index (χ0) is 22.3. The summed E-state index contributed by atoms with van der Waals surface area (Å²) in [4.78, 5) is 28.9. The predicted molar refractivity (Wildman–Crippen MR) is 122 cm³/mol. The summed E-state index contributed by atoms with van der Waals surface area (Å²) in [5, 5.41) is 11.2. The van der Waals surface area contributed by atoms with E-state index in [0.717, 1.165) is 19.2 Å². The molecule has 32 heavy (non-hydrogen) atoms. The summed E-state index contributed by atoms with van der Waals surface area (Å²) in [6.45, 7) is 2.98. The first kappa shape index (κ1) is 21.8. The number of rotatable bonds is 6. The predicted octanol–water partition coefficient (Wildman–Crippen LogP) is 3.31. The van der Waals surface area contributed by atoms with Gasteiger partial charge in [-0.1, -0.05) is 36.0 Å². The van der Waals surface area contributed by atoms with Gasteiger partial charge in [-0.2, -0.15) is 0 Å². The minimum absolute atomic E-state index is 0.0630. The van der Waals surface area contributed by atoms with Crippen molar-refractivity contribution in [2.45, 2.75) is 5.03 Å². The lowest BCUT2D eigenvalue weighted by Gasteiger charge is -2.36. The van der Waals surface area contributed by atoms with E-state index >= 15 is 0 Å². The first-order chi connectivity index (χ1) is 15.6. The second kappa shape index (κ2) is 10.2. The van der Waals surface area contributed by atoms with E-state index in [-0.39, 0.29) is 23.0 Å². The molecule has 4 rings (SSSR count). The number of benzene rings is 2. The van der Waals surface area contributed by atoms with Crippen LogP contribution in [0.25, 0.3) is 0 Å². The number of para-hydroxylation sites is 1. The molecule has 2 aromatic carbocycles. The van der Waals surface area contributed by atoms with Crippen molar-refractivity contribution in [1.29, 1.82) is 0 Å². The van der Waals surface area contributed by atoms with E-state index in [1.54, 1.807) is 12.1 Å². The zero-order valence-corrected chi connectivity index (χ0v) is 18.1. The summed E-state index contributed by atoms with van der Waals surface area (Å²) < 4.78 is 13.3. The molecule has 164 valence electrons. The fourth-order valence-corrected chi connectivity index (χ4v) is 4.08. The molecule has 1 saturated heterocycles. The Morgan fingerprint density at radius 2 is 1.72 bits per heavy atom. The number of thioether (sulfide) groups is 1. The second-order valence-electron chi connectivity index (χ2n) is 7.21. The van der Waals surface area contributed by atoms with Crippen LogP contribution in [-0.4, -0.2) is 58.8 Å². The van der Waals surface area contributed by atoms with Crippen molar-refractivity contribution in [3.63, 3.8) is 0 Å². The standard InChI is InChI=1S/C23H22FN5O2S/c24-18-6-4-5-17(15-18)23(31)25-20-9-10-21(27-26-20)32-16-22(30)29-13-11-28(12-14-29)19-7-2-1-3-8-19/h1-10,15H,11-14,16H2,(H,25,26,31). The van der Waals surface area contributed by atoms with Crippen LogP contribution in [0, 0.1) is 5.82 Å². The summed E-state index contributed by atoms with van der Waals surface area (Å²) in [6, 6.07) is 18.9. The van der Waals surface area contributed by atoms with E-state index < -0.39 is 11.7 Å². The van der Waals surface area contributed by atoms with E-state index in [4.69, 9.17) is 0 Å². The van der Waals surface area contributed by atoms with Gasteiger partial charge in [-0.3, -0.25) is 9.59 Å². The quantitative estimate of drug-likeness (QED) is 0.580. The van der Waals surface area contributed by atoms with E-state index in [2.05, 4.69) is 32.5 Å². The van der Waals surface area contributed by atoms with Gasteiger partial charge in [0.15, 0.2) is 5.82 Å². The molecule has 0 atom stereocenters. The van der Waals surface area contributed by atoms with Gasteiger partial charge in [-0.15, -0.1) is 10.2 Å². The number of carbonyl (C=O) groups excluding carboxylic acids is 2. The highest BCUT2D eigenvalue weighted by Gasteiger charge is 2.21. The number of aromatic nitrogens is 2. The first-order valence-corrected chi connectivity index (χ1v) is 11.2. The van der Waals surface area contributed by atoms with Gasteiger partial charge in [0.25, 0.3) is 5.91 Å². The maximum atomic E-state index is 13.3.